The van der Waals surface area contributed by atoms with E-state index in [0.29, 0.717) is 29.7 Å². The van der Waals surface area contributed by atoms with E-state index in [9.17, 15) is 0 Å². The van der Waals surface area contributed by atoms with Gasteiger partial charge in [-0.2, -0.15) is 4.98 Å². The first-order valence-corrected chi connectivity index (χ1v) is 6.64. The van der Waals surface area contributed by atoms with E-state index in [1.807, 2.05) is 6.07 Å². The minimum Gasteiger partial charge on any atom is -0.472 e. The molecule has 3 rings (SSSR count). The number of hydrogen-bond acceptors (Lipinski definition) is 5. The third-order valence-corrected chi connectivity index (χ3v) is 4.34. The van der Waals surface area contributed by atoms with E-state index in [1.165, 1.54) is 12.8 Å². The molecule has 0 unspecified atom stereocenters. The lowest BCUT2D eigenvalue weighted by atomic mass is 10.00. The lowest BCUT2D eigenvalue weighted by Gasteiger charge is -2.28. The molecule has 2 aromatic rings. The Morgan fingerprint density at radius 2 is 2.26 bits per heavy atom. The normalized spacial score (nSPS) is 18.7. The van der Waals surface area contributed by atoms with Crippen LogP contribution in [0.15, 0.2) is 27.5 Å². The van der Waals surface area contributed by atoms with Crippen molar-refractivity contribution in [3.8, 4) is 11.4 Å². The molecule has 102 valence electrons. The molecule has 1 saturated carbocycles. The van der Waals surface area contributed by atoms with Gasteiger partial charge in [-0.15, -0.1) is 0 Å². The van der Waals surface area contributed by atoms with Crippen LogP contribution in [0.4, 0.5) is 0 Å². The molecule has 1 atom stereocenters. The molecule has 2 aromatic heterocycles. The summed E-state index contributed by atoms with van der Waals surface area (Å²) in [7, 11) is 2.11. The van der Waals surface area contributed by atoms with Gasteiger partial charge in [-0.3, -0.25) is 4.90 Å². The van der Waals surface area contributed by atoms with Gasteiger partial charge in [0, 0.05) is 6.04 Å². The molecule has 1 aliphatic carbocycles. The molecule has 0 spiro atoms. The average molecular weight is 261 g/mol. The van der Waals surface area contributed by atoms with Crippen LogP contribution >= 0.6 is 0 Å². The maximum atomic E-state index is 5.30. The minimum atomic E-state index is 0.460. The van der Waals surface area contributed by atoms with Crippen LogP contribution in [-0.4, -0.2) is 28.1 Å². The van der Waals surface area contributed by atoms with E-state index >= 15 is 0 Å². The first kappa shape index (κ1) is 12.4. The first-order chi connectivity index (χ1) is 9.08. The standard InChI is InChI=1S/C14H19N3O2/c1-10(14(2)5-6-14)17(3)8-12-15-13(16-19-12)11-4-7-18-9-11/h4,7,9-10H,5-6,8H2,1-3H3/t10-/m0/s1. The summed E-state index contributed by atoms with van der Waals surface area (Å²) in [5.41, 5.74) is 1.31. The molecule has 0 N–H and O–H groups in total. The molecule has 2 heterocycles. The summed E-state index contributed by atoms with van der Waals surface area (Å²) in [6.45, 7) is 5.28. The average Bonchev–Trinajstić information content (AvgIpc) is 2.88. The molecule has 0 amide bonds. The first-order valence-electron chi connectivity index (χ1n) is 6.64. The van der Waals surface area contributed by atoms with Crippen LogP contribution in [0.3, 0.4) is 0 Å². The maximum absolute atomic E-state index is 5.30. The third-order valence-electron chi connectivity index (χ3n) is 4.34. The lowest BCUT2D eigenvalue weighted by Crippen LogP contribution is -2.35. The van der Waals surface area contributed by atoms with E-state index in [4.69, 9.17) is 8.94 Å². The molecule has 0 bridgehead atoms. The SMILES string of the molecule is C[C@H](N(C)Cc1nc(-c2ccoc2)no1)C1(C)CC1. The number of furan rings is 1. The fourth-order valence-electron chi connectivity index (χ4n) is 2.33. The van der Waals surface area contributed by atoms with Crippen LogP contribution in [0.5, 0.6) is 0 Å². The predicted octanol–water partition coefficient (Wildman–Crippen LogP) is 2.95. The fourth-order valence-corrected chi connectivity index (χ4v) is 2.33. The summed E-state index contributed by atoms with van der Waals surface area (Å²) < 4.78 is 10.3. The fraction of sp³-hybridized carbons (Fsp3) is 0.571. The summed E-state index contributed by atoms with van der Waals surface area (Å²) in [6.07, 6.45) is 5.84. The predicted molar refractivity (Wildman–Crippen MR) is 70.3 cm³/mol. The molecule has 5 heteroatoms. The van der Waals surface area contributed by atoms with Crippen molar-refractivity contribution in [3.05, 3.63) is 24.5 Å². The van der Waals surface area contributed by atoms with Gasteiger partial charge in [0.15, 0.2) is 0 Å². The molecule has 5 nitrogen and oxygen atoms in total. The van der Waals surface area contributed by atoms with Crippen molar-refractivity contribution in [1.82, 2.24) is 15.0 Å². The summed E-state index contributed by atoms with van der Waals surface area (Å²) in [5, 5.41) is 3.98. The molecule has 1 fully saturated rings. The molecule has 0 aromatic carbocycles. The van der Waals surface area contributed by atoms with Crippen molar-refractivity contribution < 1.29 is 8.94 Å². The number of aromatic nitrogens is 2. The Balaban J connectivity index is 1.67. The number of nitrogens with zero attached hydrogens (tertiary/aromatic N) is 3. The Bertz CT molecular complexity index is 543. The lowest BCUT2D eigenvalue weighted by molar-refractivity contribution is 0.159. The van der Waals surface area contributed by atoms with Crippen LogP contribution in [-0.2, 0) is 6.54 Å². The van der Waals surface area contributed by atoms with Crippen molar-refractivity contribution in [1.29, 1.82) is 0 Å². The van der Waals surface area contributed by atoms with Gasteiger partial charge < -0.3 is 8.94 Å². The van der Waals surface area contributed by atoms with E-state index in [-0.39, 0.29) is 0 Å². The largest absolute Gasteiger partial charge is 0.472 e. The Morgan fingerprint density at radius 1 is 1.47 bits per heavy atom. The van der Waals surface area contributed by atoms with Crippen LogP contribution in [0.1, 0.15) is 32.6 Å². The van der Waals surface area contributed by atoms with Crippen LogP contribution in [0.25, 0.3) is 11.4 Å². The van der Waals surface area contributed by atoms with Crippen LogP contribution in [0.2, 0.25) is 0 Å². The zero-order chi connectivity index (χ0) is 13.5. The van der Waals surface area contributed by atoms with Gasteiger partial charge in [-0.1, -0.05) is 12.1 Å². The highest BCUT2D eigenvalue weighted by Crippen LogP contribution is 2.49. The molecule has 19 heavy (non-hydrogen) atoms. The number of hydrogen-bond donors (Lipinski definition) is 0. The highest BCUT2D eigenvalue weighted by Gasteiger charge is 2.44. The van der Waals surface area contributed by atoms with Crippen LogP contribution < -0.4 is 0 Å². The van der Waals surface area contributed by atoms with Gasteiger partial charge in [0.05, 0.1) is 18.4 Å². The highest BCUT2D eigenvalue weighted by molar-refractivity contribution is 5.51. The molecule has 1 aliphatic rings. The van der Waals surface area contributed by atoms with Gasteiger partial charge >= 0.3 is 0 Å². The number of rotatable bonds is 5. The second-order valence-electron chi connectivity index (χ2n) is 5.77. The van der Waals surface area contributed by atoms with Crippen molar-refractivity contribution in [2.45, 2.75) is 39.3 Å². The second-order valence-corrected chi connectivity index (χ2v) is 5.77. The minimum absolute atomic E-state index is 0.460. The van der Waals surface area contributed by atoms with Crippen molar-refractivity contribution in [2.75, 3.05) is 7.05 Å². The Kier molecular flexibility index (Phi) is 2.93. The summed E-state index contributed by atoms with van der Waals surface area (Å²) >= 11 is 0. The summed E-state index contributed by atoms with van der Waals surface area (Å²) in [6, 6.07) is 2.35. The Hall–Kier alpha value is -1.62. The van der Waals surface area contributed by atoms with Gasteiger partial charge in [0.2, 0.25) is 11.7 Å². The van der Waals surface area contributed by atoms with Crippen molar-refractivity contribution in [3.63, 3.8) is 0 Å². The van der Waals surface area contributed by atoms with Crippen LogP contribution in [0, 0.1) is 5.41 Å². The van der Waals surface area contributed by atoms with Crippen molar-refractivity contribution >= 4 is 0 Å². The summed E-state index contributed by atoms with van der Waals surface area (Å²) in [5.74, 6) is 1.23. The van der Waals surface area contributed by atoms with E-state index in [2.05, 4.69) is 35.9 Å². The summed E-state index contributed by atoms with van der Waals surface area (Å²) in [4.78, 5) is 6.68. The molecule has 0 radical (unpaired) electrons. The molecular formula is C14H19N3O2. The van der Waals surface area contributed by atoms with E-state index in [0.717, 1.165) is 5.56 Å². The molecule has 0 aliphatic heterocycles. The smallest absolute Gasteiger partial charge is 0.241 e. The Morgan fingerprint density at radius 3 is 2.89 bits per heavy atom. The third kappa shape index (κ3) is 2.42. The van der Waals surface area contributed by atoms with E-state index in [1.54, 1.807) is 12.5 Å². The van der Waals surface area contributed by atoms with Gasteiger partial charge in [-0.05, 0) is 38.3 Å². The topological polar surface area (TPSA) is 55.3 Å². The zero-order valence-corrected chi connectivity index (χ0v) is 11.6. The van der Waals surface area contributed by atoms with Crippen molar-refractivity contribution in [2.24, 2.45) is 5.41 Å². The zero-order valence-electron chi connectivity index (χ0n) is 11.6. The second kappa shape index (κ2) is 4.49. The monoisotopic (exact) mass is 261 g/mol. The maximum Gasteiger partial charge on any atom is 0.241 e. The quantitative estimate of drug-likeness (QED) is 0.828. The molecule has 0 saturated heterocycles. The van der Waals surface area contributed by atoms with E-state index < -0.39 is 0 Å². The molecular weight excluding hydrogens is 242 g/mol. The highest BCUT2D eigenvalue weighted by atomic mass is 16.5. The van der Waals surface area contributed by atoms with Gasteiger partial charge in [0.1, 0.15) is 6.26 Å². The Labute approximate surface area is 112 Å². The van der Waals surface area contributed by atoms with Gasteiger partial charge in [0.25, 0.3) is 0 Å². The van der Waals surface area contributed by atoms with Gasteiger partial charge in [-0.25, -0.2) is 0 Å².